The van der Waals surface area contributed by atoms with E-state index in [2.05, 4.69) is 50.3 Å². The minimum absolute atomic E-state index is 0.538. The predicted octanol–water partition coefficient (Wildman–Crippen LogP) is 3.36. The summed E-state index contributed by atoms with van der Waals surface area (Å²) in [5.74, 6) is 1.83. The summed E-state index contributed by atoms with van der Waals surface area (Å²) >= 11 is 0. The Labute approximate surface area is 165 Å². The second-order valence-corrected chi connectivity index (χ2v) is 6.59. The van der Waals surface area contributed by atoms with Crippen LogP contribution in [0.15, 0.2) is 53.5 Å². The zero-order valence-electron chi connectivity index (χ0n) is 16.4. The highest BCUT2D eigenvalue weighted by Crippen LogP contribution is 2.15. The molecule has 6 nitrogen and oxygen atoms in total. The van der Waals surface area contributed by atoms with E-state index in [1.165, 1.54) is 5.52 Å². The smallest absolute Gasteiger partial charge is 0.191 e. The molecule has 6 heteroatoms. The van der Waals surface area contributed by atoms with E-state index in [9.17, 15) is 0 Å². The number of nitrogens with zero attached hydrogens (tertiary/aromatic N) is 4. The minimum Gasteiger partial charge on any atom is -0.357 e. The number of benzene rings is 2. The third-order valence-electron chi connectivity index (χ3n) is 4.52. The van der Waals surface area contributed by atoms with Crippen molar-refractivity contribution in [2.45, 2.75) is 33.4 Å². The molecule has 0 bridgehead atoms. The number of fused-ring (bicyclic) bond motifs is 1. The Morgan fingerprint density at radius 3 is 2.86 bits per heavy atom. The van der Waals surface area contributed by atoms with Gasteiger partial charge in [-0.3, -0.25) is 0 Å². The summed E-state index contributed by atoms with van der Waals surface area (Å²) in [4.78, 5) is 9.24. The van der Waals surface area contributed by atoms with Gasteiger partial charge in [0.25, 0.3) is 0 Å². The van der Waals surface area contributed by atoms with Gasteiger partial charge in [-0.2, -0.15) is 5.26 Å². The zero-order chi connectivity index (χ0) is 19.8. The Morgan fingerprint density at radius 1 is 1.18 bits per heavy atom. The first-order chi connectivity index (χ1) is 13.7. The third-order valence-corrected chi connectivity index (χ3v) is 4.52. The zero-order valence-corrected chi connectivity index (χ0v) is 16.4. The SMILES string of the molecule is CCNC(=NCc1cccc(C#N)c1)NCCCn1c(C)nc2ccccc21. The first-order valence-corrected chi connectivity index (χ1v) is 9.64. The quantitative estimate of drug-likeness (QED) is 0.378. The highest BCUT2D eigenvalue weighted by Gasteiger charge is 2.06. The van der Waals surface area contributed by atoms with Gasteiger partial charge in [0, 0.05) is 19.6 Å². The lowest BCUT2D eigenvalue weighted by molar-refractivity contribution is 0.624. The van der Waals surface area contributed by atoms with E-state index in [1.807, 2.05) is 37.3 Å². The fourth-order valence-electron chi connectivity index (χ4n) is 3.17. The Kier molecular flexibility index (Phi) is 6.64. The van der Waals surface area contributed by atoms with Crippen molar-refractivity contribution in [3.63, 3.8) is 0 Å². The van der Waals surface area contributed by atoms with Crippen LogP contribution in [-0.4, -0.2) is 28.6 Å². The van der Waals surface area contributed by atoms with Crippen LogP contribution in [-0.2, 0) is 13.1 Å². The first kappa shape index (κ1) is 19.4. The number of aromatic nitrogens is 2. The van der Waals surface area contributed by atoms with Gasteiger partial charge in [-0.05, 0) is 50.1 Å². The molecule has 2 aromatic carbocycles. The highest BCUT2D eigenvalue weighted by atomic mass is 15.2. The van der Waals surface area contributed by atoms with Crippen LogP contribution in [0.1, 0.15) is 30.3 Å². The largest absolute Gasteiger partial charge is 0.357 e. The van der Waals surface area contributed by atoms with Crippen molar-refractivity contribution < 1.29 is 0 Å². The molecule has 0 amide bonds. The molecule has 3 aromatic rings. The summed E-state index contributed by atoms with van der Waals surface area (Å²) in [6, 6.07) is 18.0. The van der Waals surface area contributed by atoms with Gasteiger partial charge in [0.2, 0.25) is 0 Å². The normalized spacial score (nSPS) is 11.4. The number of hydrogen-bond donors (Lipinski definition) is 2. The topological polar surface area (TPSA) is 78.0 Å². The third kappa shape index (κ3) is 4.89. The highest BCUT2D eigenvalue weighted by molar-refractivity contribution is 5.79. The Morgan fingerprint density at radius 2 is 2.04 bits per heavy atom. The first-order valence-electron chi connectivity index (χ1n) is 9.64. The number of nitriles is 1. The summed E-state index contributed by atoms with van der Waals surface area (Å²) in [7, 11) is 0. The number of aryl methyl sites for hydroxylation is 2. The van der Waals surface area contributed by atoms with Crippen LogP contribution in [0.5, 0.6) is 0 Å². The van der Waals surface area contributed by atoms with Crippen LogP contribution in [0.4, 0.5) is 0 Å². The van der Waals surface area contributed by atoms with Crippen molar-refractivity contribution in [2.24, 2.45) is 4.99 Å². The van der Waals surface area contributed by atoms with Gasteiger partial charge >= 0.3 is 0 Å². The number of guanidine groups is 1. The molecule has 0 spiro atoms. The van der Waals surface area contributed by atoms with Gasteiger partial charge in [-0.1, -0.05) is 24.3 Å². The number of imidazole rings is 1. The van der Waals surface area contributed by atoms with E-state index in [0.29, 0.717) is 12.1 Å². The molecule has 0 aliphatic heterocycles. The molecule has 0 unspecified atom stereocenters. The molecule has 0 aliphatic rings. The molecule has 144 valence electrons. The van der Waals surface area contributed by atoms with Crippen molar-refractivity contribution in [3.05, 3.63) is 65.5 Å². The Bertz CT molecular complexity index is 996. The molecule has 2 N–H and O–H groups in total. The lowest BCUT2D eigenvalue weighted by atomic mass is 10.1. The maximum Gasteiger partial charge on any atom is 0.191 e. The number of para-hydroxylation sites is 2. The van der Waals surface area contributed by atoms with E-state index >= 15 is 0 Å². The second kappa shape index (κ2) is 9.56. The minimum atomic E-state index is 0.538. The van der Waals surface area contributed by atoms with Crippen LogP contribution in [0.3, 0.4) is 0 Å². The van der Waals surface area contributed by atoms with Crippen LogP contribution in [0.2, 0.25) is 0 Å². The van der Waals surface area contributed by atoms with Gasteiger partial charge in [0.15, 0.2) is 5.96 Å². The fraction of sp³-hybridized carbons (Fsp3) is 0.318. The van der Waals surface area contributed by atoms with Crippen LogP contribution in [0, 0.1) is 18.3 Å². The monoisotopic (exact) mass is 374 g/mol. The van der Waals surface area contributed by atoms with E-state index in [1.54, 1.807) is 6.07 Å². The molecular formula is C22H26N6. The standard InChI is InChI=1S/C22H26N6/c1-3-24-22(26-16-19-9-6-8-18(14-19)15-23)25-12-7-13-28-17(2)27-20-10-4-5-11-21(20)28/h4-6,8-11,14H,3,7,12-13,16H2,1-2H3,(H2,24,25,26). The lowest BCUT2D eigenvalue weighted by Crippen LogP contribution is -2.38. The summed E-state index contributed by atoms with van der Waals surface area (Å²) in [5.41, 5.74) is 3.91. The van der Waals surface area contributed by atoms with Gasteiger partial charge in [-0.25, -0.2) is 9.98 Å². The molecule has 1 heterocycles. The molecule has 0 saturated carbocycles. The van der Waals surface area contributed by atoms with Gasteiger partial charge < -0.3 is 15.2 Å². The maximum absolute atomic E-state index is 9.01. The predicted molar refractivity (Wildman–Crippen MR) is 113 cm³/mol. The fourth-order valence-corrected chi connectivity index (χ4v) is 3.17. The Balaban J connectivity index is 1.56. The molecule has 0 aliphatic carbocycles. The molecule has 0 fully saturated rings. The van der Waals surface area contributed by atoms with Gasteiger partial charge in [-0.15, -0.1) is 0 Å². The summed E-state index contributed by atoms with van der Waals surface area (Å²) in [6.07, 6.45) is 0.968. The van der Waals surface area contributed by atoms with Gasteiger partial charge in [0.05, 0.1) is 29.2 Å². The van der Waals surface area contributed by atoms with E-state index in [0.717, 1.165) is 48.9 Å². The molecular weight excluding hydrogens is 348 g/mol. The van der Waals surface area contributed by atoms with E-state index in [4.69, 9.17) is 5.26 Å². The van der Waals surface area contributed by atoms with Crippen molar-refractivity contribution in [1.29, 1.82) is 5.26 Å². The molecule has 28 heavy (non-hydrogen) atoms. The van der Waals surface area contributed by atoms with Crippen LogP contribution in [0.25, 0.3) is 11.0 Å². The number of aliphatic imine (C=N–C) groups is 1. The number of rotatable bonds is 7. The number of hydrogen-bond acceptors (Lipinski definition) is 3. The molecule has 1 aromatic heterocycles. The Hall–Kier alpha value is -3.33. The summed E-state index contributed by atoms with van der Waals surface area (Å²) in [5, 5.41) is 15.7. The van der Waals surface area contributed by atoms with Gasteiger partial charge in [0.1, 0.15) is 5.82 Å². The van der Waals surface area contributed by atoms with Crippen molar-refractivity contribution in [2.75, 3.05) is 13.1 Å². The van der Waals surface area contributed by atoms with Crippen LogP contribution >= 0.6 is 0 Å². The summed E-state index contributed by atoms with van der Waals surface area (Å²) in [6.45, 7) is 7.16. The second-order valence-electron chi connectivity index (χ2n) is 6.59. The average molecular weight is 374 g/mol. The summed E-state index contributed by atoms with van der Waals surface area (Å²) < 4.78 is 2.26. The van der Waals surface area contributed by atoms with E-state index in [-0.39, 0.29) is 0 Å². The van der Waals surface area contributed by atoms with Crippen molar-refractivity contribution in [1.82, 2.24) is 20.2 Å². The maximum atomic E-state index is 9.01. The number of nitrogens with one attached hydrogen (secondary N) is 2. The molecule has 3 rings (SSSR count). The van der Waals surface area contributed by atoms with Crippen LogP contribution < -0.4 is 10.6 Å². The van der Waals surface area contributed by atoms with E-state index < -0.39 is 0 Å². The molecule has 0 atom stereocenters. The lowest BCUT2D eigenvalue weighted by Gasteiger charge is -2.12. The average Bonchev–Trinajstić information content (AvgIpc) is 3.04. The van der Waals surface area contributed by atoms with Crippen molar-refractivity contribution >= 4 is 17.0 Å². The molecule has 0 saturated heterocycles. The molecule has 0 radical (unpaired) electrons. The van der Waals surface area contributed by atoms with Crippen molar-refractivity contribution in [3.8, 4) is 6.07 Å².